The first-order valence-electron chi connectivity index (χ1n) is 6.22. The highest BCUT2D eigenvalue weighted by Gasteiger charge is 2.41. The van der Waals surface area contributed by atoms with Crippen LogP contribution >= 0.6 is 0 Å². The van der Waals surface area contributed by atoms with Crippen LogP contribution in [0.25, 0.3) is 0 Å². The second kappa shape index (κ2) is 4.82. The summed E-state index contributed by atoms with van der Waals surface area (Å²) in [5, 5.41) is 8.88. The van der Waals surface area contributed by atoms with Crippen molar-refractivity contribution in [2.45, 2.75) is 37.1 Å². The van der Waals surface area contributed by atoms with Gasteiger partial charge >= 0.3 is 5.97 Å². The molecule has 0 atom stereocenters. The first-order chi connectivity index (χ1) is 9.16. The van der Waals surface area contributed by atoms with Crippen LogP contribution in [0, 0.1) is 5.82 Å². The number of halogens is 1. The molecular formula is C13H16FNO4S. The van der Waals surface area contributed by atoms with Crippen molar-refractivity contribution in [3.63, 3.8) is 0 Å². The predicted molar refractivity (Wildman–Crippen MR) is 70.6 cm³/mol. The van der Waals surface area contributed by atoms with Gasteiger partial charge in [-0.2, -0.15) is 4.31 Å². The molecule has 0 radical (unpaired) electrons. The third-order valence-corrected chi connectivity index (χ3v) is 5.69. The molecule has 110 valence electrons. The fourth-order valence-electron chi connectivity index (χ4n) is 2.48. The van der Waals surface area contributed by atoms with Crippen molar-refractivity contribution in [1.82, 2.24) is 4.31 Å². The summed E-state index contributed by atoms with van der Waals surface area (Å²) in [6.45, 7) is 4.02. The Balaban J connectivity index is 2.50. The Morgan fingerprint density at radius 3 is 2.55 bits per heavy atom. The second-order valence-electron chi connectivity index (χ2n) is 5.44. The maximum atomic E-state index is 13.3. The number of rotatable bonds is 3. The van der Waals surface area contributed by atoms with Gasteiger partial charge in [-0.15, -0.1) is 0 Å². The molecule has 0 amide bonds. The summed E-state index contributed by atoms with van der Waals surface area (Å²) < 4.78 is 39.8. The number of carboxylic acids is 1. The fraction of sp³-hybridized carbons (Fsp3) is 0.462. The minimum absolute atomic E-state index is 0.189. The summed E-state index contributed by atoms with van der Waals surface area (Å²) >= 11 is 0. The smallest absolute Gasteiger partial charge is 0.338 e. The van der Waals surface area contributed by atoms with E-state index in [4.69, 9.17) is 5.11 Å². The Bertz CT molecular complexity index is 654. The van der Waals surface area contributed by atoms with E-state index in [-0.39, 0.29) is 4.90 Å². The average molecular weight is 301 g/mol. The molecule has 0 saturated carbocycles. The molecule has 1 aromatic carbocycles. The van der Waals surface area contributed by atoms with Gasteiger partial charge in [0.05, 0.1) is 10.5 Å². The maximum Gasteiger partial charge on any atom is 0.338 e. The Kier molecular flexibility index (Phi) is 3.60. The largest absolute Gasteiger partial charge is 0.478 e. The summed E-state index contributed by atoms with van der Waals surface area (Å²) in [6, 6.07) is 2.85. The standard InChI is InChI=1S/C13H16FNO4S/c1-13(2)6-3-7-15(13)20(18,19)9-4-5-11(14)10(8-9)12(16)17/h4-5,8H,3,6-7H2,1-2H3,(H,16,17). The topological polar surface area (TPSA) is 74.7 Å². The third-order valence-electron chi connectivity index (χ3n) is 3.58. The second-order valence-corrected chi connectivity index (χ2v) is 7.30. The van der Waals surface area contributed by atoms with Crippen LogP contribution in [-0.4, -0.2) is 35.9 Å². The van der Waals surface area contributed by atoms with Gasteiger partial charge in [-0.3, -0.25) is 0 Å². The zero-order valence-corrected chi connectivity index (χ0v) is 12.1. The SMILES string of the molecule is CC1(C)CCCN1S(=O)(=O)c1ccc(F)c(C(=O)O)c1. The zero-order chi connectivity index (χ0) is 15.1. The van der Waals surface area contributed by atoms with Crippen molar-refractivity contribution in [3.8, 4) is 0 Å². The lowest BCUT2D eigenvalue weighted by atomic mass is 10.0. The van der Waals surface area contributed by atoms with Crippen molar-refractivity contribution in [2.75, 3.05) is 6.54 Å². The molecule has 1 fully saturated rings. The molecule has 0 aliphatic carbocycles. The molecule has 1 N–H and O–H groups in total. The van der Waals surface area contributed by atoms with Crippen molar-refractivity contribution in [1.29, 1.82) is 0 Å². The van der Waals surface area contributed by atoms with E-state index in [0.29, 0.717) is 6.54 Å². The van der Waals surface area contributed by atoms with Crippen LogP contribution < -0.4 is 0 Å². The van der Waals surface area contributed by atoms with E-state index < -0.39 is 32.9 Å². The number of benzene rings is 1. The van der Waals surface area contributed by atoms with E-state index in [2.05, 4.69) is 0 Å². The molecule has 20 heavy (non-hydrogen) atoms. The van der Waals surface area contributed by atoms with Gasteiger partial charge in [-0.1, -0.05) is 0 Å². The van der Waals surface area contributed by atoms with Crippen LogP contribution in [0.5, 0.6) is 0 Å². The van der Waals surface area contributed by atoms with Gasteiger partial charge in [-0.05, 0) is 44.9 Å². The number of aromatic carboxylic acids is 1. The summed E-state index contributed by atoms with van der Waals surface area (Å²) in [5.74, 6) is -2.43. The van der Waals surface area contributed by atoms with Crippen molar-refractivity contribution in [3.05, 3.63) is 29.6 Å². The first-order valence-corrected chi connectivity index (χ1v) is 7.66. The van der Waals surface area contributed by atoms with E-state index in [1.165, 1.54) is 4.31 Å². The van der Waals surface area contributed by atoms with Gasteiger partial charge in [-0.25, -0.2) is 17.6 Å². The Morgan fingerprint density at radius 2 is 2.05 bits per heavy atom. The molecule has 2 rings (SSSR count). The molecule has 1 aliphatic rings. The minimum Gasteiger partial charge on any atom is -0.478 e. The fourth-order valence-corrected chi connectivity index (χ4v) is 4.36. The lowest BCUT2D eigenvalue weighted by Gasteiger charge is -2.30. The van der Waals surface area contributed by atoms with Gasteiger partial charge in [0.2, 0.25) is 10.0 Å². The Labute approximate surface area is 117 Å². The summed E-state index contributed by atoms with van der Waals surface area (Å²) in [4.78, 5) is 10.7. The molecule has 0 unspecified atom stereocenters. The number of nitrogens with zero attached hydrogens (tertiary/aromatic N) is 1. The molecule has 1 heterocycles. The summed E-state index contributed by atoms with van der Waals surface area (Å²) in [7, 11) is -3.82. The minimum atomic E-state index is -3.82. The Hall–Kier alpha value is -1.47. The van der Waals surface area contributed by atoms with Gasteiger partial charge in [0.15, 0.2) is 0 Å². The number of hydrogen-bond acceptors (Lipinski definition) is 3. The van der Waals surface area contributed by atoms with Crippen molar-refractivity contribution in [2.24, 2.45) is 0 Å². The lowest BCUT2D eigenvalue weighted by molar-refractivity contribution is 0.0691. The first kappa shape index (κ1) is 14.9. The average Bonchev–Trinajstić information content (AvgIpc) is 2.69. The van der Waals surface area contributed by atoms with Gasteiger partial charge in [0.1, 0.15) is 5.82 Å². The molecular weight excluding hydrogens is 285 g/mol. The van der Waals surface area contributed by atoms with Gasteiger partial charge in [0, 0.05) is 12.1 Å². The van der Waals surface area contributed by atoms with E-state index >= 15 is 0 Å². The Morgan fingerprint density at radius 1 is 1.40 bits per heavy atom. The van der Waals surface area contributed by atoms with Crippen LogP contribution in [0.4, 0.5) is 4.39 Å². The normalized spacial score (nSPS) is 19.1. The molecule has 1 aliphatic heterocycles. The van der Waals surface area contributed by atoms with E-state index in [9.17, 15) is 17.6 Å². The van der Waals surface area contributed by atoms with E-state index in [1.807, 2.05) is 13.8 Å². The van der Waals surface area contributed by atoms with Gasteiger partial charge in [0.25, 0.3) is 0 Å². The predicted octanol–water partition coefficient (Wildman–Crippen LogP) is 2.09. The molecule has 5 nitrogen and oxygen atoms in total. The summed E-state index contributed by atoms with van der Waals surface area (Å²) in [5.41, 5.74) is -1.15. The number of carboxylic acid groups (broad SMARTS) is 1. The third kappa shape index (κ3) is 2.43. The quantitative estimate of drug-likeness (QED) is 0.927. The van der Waals surface area contributed by atoms with Crippen LogP contribution in [-0.2, 0) is 10.0 Å². The van der Waals surface area contributed by atoms with E-state index in [1.54, 1.807) is 0 Å². The van der Waals surface area contributed by atoms with Crippen molar-refractivity contribution < 1.29 is 22.7 Å². The number of sulfonamides is 1. The van der Waals surface area contributed by atoms with E-state index in [0.717, 1.165) is 31.0 Å². The molecule has 7 heteroatoms. The highest BCUT2D eigenvalue weighted by molar-refractivity contribution is 7.89. The lowest BCUT2D eigenvalue weighted by Crippen LogP contribution is -2.42. The molecule has 1 aromatic rings. The zero-order valence-electron chi connectivity index (χ0n) is 11.3. The van der Waals surface area contributed by atoms with Crippen LogP contribution in [0.15, 0.2) is 23.1 Å². The number of hydrogen-bond donors (Lipinski definition) is 1. The van der Waals surface area contributed by atoms with Crippen LogP contribution in [0.3, 0.4) is 0 Å². The maximum absolute atomic E-state index is 13.3. The monoisotopic (exact) mass is 301 g/mol. The molecule has 0 bridgehead atoms. The van der Waals surface area contributed by atoms with Crippen molar-refractivity contribution >= 4 is 16.0 Å². The van der Waals surface area contributed by atoms with Crippen LogP contribution in [0.2, 0.25) is 0 Å². The van der Waals surface area contributed by atoms with Gasteiger partial charge < -0.3 is 5.11 Å². The summed E-state index contributed by atoms with van der Waals surface area (Å²) in [6.07, 6.45) is 1.48. The highest BCUT2D eigenvalue weighted by atomic mass is 32.2. The number of carbonyl (C=O) groups is 1. The molecule has 1 saturated heterocycles. The molecule has 0 spiro atoms. The highest BCUT2D eigenvalue weighted by Crippen LogP contribution is 2.34. The molecule has 0 aromatic heterocycles. The van der Waals surface area contributed by atoms with Crippen LogP contribution in [0.1, 0.15) is 37.0 Å².